The van der Waals surface area contributed by atoms with Crippen LogP contribution in [0.5, 0.6) is 5.75 Å². The zero-order valence-corrected chi connectivity index (χ0v) is 42.1. The number of hydrogen-bond acceptors (Lipinski definition) is 10. The number of carboxylic acids is 2. The number of aryl methyl sites for hydroxylation is 4. The molecule has 378 valence electrons. The van der Waals surface area contributed by atoms with Crippen LogP contribution in [0.15, 0.2) is 140 Å². The van der Waals surface area contributed by atoms with E-state index in [-0.39, 0.29) is 23.7 Å². The number of aliphatic carboxylic acids is 2. The molecular weight excluding hydrogens is 929 g/mol. The summed E-state index contributed by atoms with van der Waals surface area (Å²) in [5, 5.41) is 32.5. The first-order valence-corrected chi connectivity index (χ1v) is 23.4. The van der Waals surface area contributed by atoms with Gasteiger partial charge in [-0.1, -0.05) is 114 Å². The number of aromatic nitrogens is 4. The van der Waals surface area contributed by atoms with Crippen LogP contribution < -0.4 is 4.74 Å². The zero-order chi connectivity index (χ0) is 53.1. The van der Waals surface area contributed by atoms with Gasteiger partial charge in [-0.3, -0.25) is 14.4 Å². The minimum Gasteiger partial charge on any atom is -0.484 e. The van der Waals surface area contributed by atoms with E-state index in [9.17, 15) is 24.0 Å². The summed E-state index contributed by atoms with van der Waals surface area (Å²) in [6, 6.07) is 41.9. The molecule has 16 heteroatoms. The number of hydrogen-bond donors (Lipinski definition) is 4. The quantitative estimate of drug-likeness (QED) is 0.103. The van der Waals surface area contributed by atoms with E-state index in [4.69, 9.17) is 35.1 Å². The van der Waals surface area contributed by atoms with E-state index in [0.29, 0.717) is 30.6 Å². The minimum atomic E-state index is -2.27. The first-order valence-electron chi connectivity index (χ1n) is 23.4. The Morgan fingerprint density at radius 2 is 0.973 bits per heavy atom. The smallest absolute Gasteiger partial charge is 0.335 e. The molecule has 8 aromatic rings. The molecule has 1 aliphatic heterocycles. The van der Waals surface area contributed by atoms with Gasteiger partial charge in [0.2, 0.25) is 11.8 Å². The van der Waals surface area contributed by atoms with Crippen molar-refractivity contribution < 1.29 is 49.1 Å². The van der Waals surface area contributed by atoms with Gasteiger partial charge in [-0.25, -0.2) is 19.6 Å². The summed E-state index contributed by atoms with van der Waals surface area (Å²) in [4.78, 5) is 68.8. The second kappa shape index (κ2) is 24.1. The van der Waals surface area contributed by atoms with Crippen molar-refractivity contribution >= 4 is 40.8 Å². The number of amides is 2. The molecule has 3 atom stereocenters. The summed E-state index contributed by atoms with van der Waals surface area (Å²) in [6.45, 7) is 8.21. The number of imidazole rings is 2. The predicted octanol–water partition coefficient (Wildman–Crippen LogP) is 7.77. The number of aliphatic hydroxyl groups excluding tert-OH is 2. The summed E-state index contributed by atoms with van der Waals surface area (Å²) >= 11 is 0. The highest BCUT2D eigenvalue weighted by Gasteiger charge is 2.30. The van der Waals surface area contributed by atoms with Crippen molar-refractivity contribution in [2.45, 2.75) is 65.3 Å². The monoisotopic (exact) mass is 988 g/mol. The van der Waals surface area contributed by atoms with Crippen LogP contribution in [0.4, 0.5) is 0 Å². The van der Waals surface area contributed by atoms with E-state index in [1.807, 2.05) is 114 Å². The molecule has 0 saturated carbocycles. The van der Waals surface area contributed by atoms with Crippen LogP contribution in [0, 0.1) is 27.7 Å². The SMILES string of the molecule is Cc1ccc(-c2nc3ccc(C)cn3c2CC(=O)N(C)C)cc1.Cc1ccc(-c2nc3ccc(C)cn3c2CC(=O)N(C)C)cc1.O=C(O)C(O)C(O)C(=O)O.O=C1CC(c2ccccc2)Oc2ccccc21. The molecule has 4 aromatic carbocycles. The Labute approximate surface area is 423 Å². The molecule has 2 amide bonds. The van der Waals surface area contributed by atoms with Crippen molar-refractivity contribution in [2.24, 2.45) is 0 Å². The van der Waals surface area contributed by atoms with Gasteiger partial charge in [0.25, 0.3) is 0 Å². The highest BCUT2D eigenvalue weighted by molar-refractivity contribution is 6.00. The number of nitrogens with zero attached hydrogens (tertiary/aromatic N) is 6. The Bertz CT molecular complexity index is 3070. The maximum atomic E-state index is 12.3. The third-order valence-electron chi connectivity index (χ3n) is 11.8. The standard InChI is InChI=1S/2C19H21N3O.C15H12O2.C4H6O6/c2*1-13-5-8-15(9-6-13)19-16(11-18(23)21(3)4)22-12-14(2)7-10-17(22)20-19;16-13-10-15(11-6-2-1-3-7-11)17-14-9-5-4-8-12(13)14;5-1(3(7)8)2(6)4(9)10/h2*5-10,12H,11H2,1-4H3;1-9,15H,10H2;1-2,5-6H,(H,7,8)(H,9,10). The Morgan fingerprint density at radius 1 is 0.575 bits per heavy atom. The summed E-state index contributed by atoms with van der Waals surface area (Å²) in [5.74, 6) is -2.55. The summed E-state index contributed by atoms with van der Waals surface area (Å²) < 4.78 is 9.93. The number of rotatable bonds is 10. The van der Waals surface area contributed by atoms with E-state index in [1.54, 1.807) is 38.0 Å². The van der Waals surface area contributed by atoms with E-state index < -0.39 is 24.1 Å². The van der Waals surface area contributed by atoms with Crippen molar-refractivity contribution in [2.75, 3.05) is 28.2 Å². The van der Waals surface area contributed by atoms with Gasteiger partial charge in [0, 0.05) is 51.7 Å². The molecule has 0 bridgehead atoms. The molecule has 73 heavy (non-hydrogen) atoms. The van der Waals surface area contributed by atoms with Gasteiger partial charge in [-0.15, -0.1) is 0 Å². The molecule has 1 aliphatic rings. The average molecular weight is 989 g/mol. The van der Waals surface area contributed by atoms with Crippen LogP contribution in [0.25, 0.3) is 33.8 Å². The Kier molecular flexibility index (Phi) is 17.8. The van der Waals surface area contributed by atoms with Gasteiger partial charge < -0.3 is 43.8 Å². The molecule has 0 spiro atoms. The first-order chi connectivity index (χ1) is 34.7. The lowest BCUT2D eigenvalue weighted by Gasteiger charge is -2.25. The fourth-order valence-corrected chi connectivity index (χ4v) is 7.62. The number of likely N-dealkylation sites (N-methyl/N-ethyl adjacent to an activating group) is 2. The number of carboxylic acid groups (broad SMARTS) is 2. The van der Waals surface area contributed by atoms with E-state index >= 15 is 0 Å². The van der Waals surface area contributed by atoms with Gasteiger partial charge in [-0.2, -0.15) is 0 Å². The van der Waals surface area contributed by atoms with Gasteiger partial charge in [0.05, 0.1) is 47.6 Å². The molecule has 0 aliphatic carbocycles. The highest BCUT2D eigenvalue weighted by Crippen LogP contribution is 2.34. The lowest BCUT2D eigenvalue weighted by Crippen LogP contribution is -2.39. The van der Waals surface area contributed by atoms with E-state index in [2.05, 4.69) is 62.4 Å². The van der Waals surface area contributed by atoms with Crippen molar-refractivity contribution in [3.63, 3.8) is 0 Å². The maximum absolute atomic E-state index is 12.3. The van der Waals surface area contributed by atoms with Crippen LogP contribution in [0.1, 0.15) is 62.1 Å². The molecule has 4 aromatic heterocycles. The van der Waals surface area contributed by atoms with Gasteiger partial charge >= 0.3 is 11.9 Å². The lowest BCUT2D eigenvalue weighted by molar-refractivity contribution is -0.165. The van der Waals surface area contributed by atoms with Gasteiger partial charge in [-0.05, 0) is 68.7 Å². The van der Waals surface area contributed by atoms with Crippen LogP contribution in [-0.4, -0.2) is 119 Å². The molecule has 0 radical (unpaired) electrons. The van der Waals surface area contributed by atoms with Crippen molar-refractivity contribution in [1.82, 2.24) is 28.6 Å². The Hall–Kier alpha value is -8.47. The zero-order valence-electron chi connectivity index (χ0n) is 42.1. The molecule has 9 rings (SSSR count). The highest BCUT2D eigenvalue weighted by atomic mass is 16.5. The van der Waals surface area contributed by atoms with Crippen LogP contribution in [-0.2, 0) is 32.0 Å². The fraction of sp³-hybridized carbons (Fsp3) is 0.246. The Morgan fingerprint density at radius 3 is 1.38 bits per heavy atom. The number of pyridine rings is 2. The normalized spacial score (nSPS) is 13.3. The number of carbonyl (C=O) groups excluding carboxylic acids is 3. The number of carbonyl (C=O) groups is 5. The summed E-state index contributed by atoms with van der Waals surface area (Å²) in [6.07, 6.45) is 0.479. The molecule has 0 saturated heterocycles. The van der Waals surface area contributed by atoms with Gasteiger partial charge in [0.1, 0.15) is 23.1 Å². The Balaban J connectivity index is 0.000000165. The average Bonchev–Trinajstić information content (AvgIpc) is 3.91. The van der Waals surface area contributed by atoms with Crippen molar-refractivity contribution in [3.8, 4) is 28.3 Å². The van der Waals surface area contributed by atoms with Gasteiger partial charge in [0.15, 0.2) is 18.0 Å². The number of ether oxygens (including phenoxy) is 1. The second-order valence-corrected chi connectivity index (χ2v) is 18.1. The maximum Gasteiger partial charge on any atom is 0.335 e. The largest absolute Gasteiger partial charge is 0.484 e. The summed E-state index contributed by atoms with van der Waals surface area (Å²) in [5.41, 5.74) is 13.9. The number of para-hydroxylation sites is 1. The number of Topliss-reactive ketones (excluding diaryl/α,β-unsaturated/α-hetero) is 1. The molecule has 4 N–H and O–H groups in total. The second-order valence-electron chi connectivity index (χ2n) is 18.1. The number of aliphatic hydroxyl groups is 2. The predicted molar refractivity (Wildman–Crippen MR) is 277 cm³/mol. The van der Waals surface area contributed by atoms with Crippen LogP contribution >= 0.6 is 0 Å². The third kappa shape index (κ3) is 13.7. The topological polar surface area (TPSA) is 217 Å². The van der Waals surface area contributed by atoms with Crippen molar-refractivity contribution in [3.05, 3.63) is 185 Å². The van der Waals surface area contributed by atoms with E-state index in [1.165, 1.54) is 11.1 Å². The first kappa shape index (κ1) is 53.9. The number of fused-ring (bicyclic) bond motifs is 3. The molecule has 5 heterocycles. The minimum absolute atomic E-state index is 0.0710. The van der Waals surface area contributed by atoms with Crippen molar-refractivity contribution in [1.29, 1.82) is 0 Å². The lowest BCUT2D eigenvalue weighted by atomic mass is 9.96. The molecule has 3 unspecified atom stereocenters. The van der Waals surface area contributed by atoms with Crippen LogP contribution in [0.2, 0.25) is 0 Å². The molecule has 16 nitrogen and oxygen atoms in total. The number of ketones is 1. The fourth-order valence-electron chi connectivity index (χ4n) is 7.62. The molecule has 0 fully saturated rings. The third-order valence-corrected chi connectivity index (χ3v) is 11.8. The molecular formula is C57H60N6O10. The summed E-state index contributed by atoms with van der Waals surface area (Å²) in [7, 11) is 7.12. The van der Waals surface area contributed by atoms with E-state index in [0.717, 1.165) is 61.9 Å². The number of benzene rings is 4. The van der Waals surface area contributed by atoms with Crippen LogP contribution in [0.3, 0.4) is 0 Å².